The number of benzene rings is 2. The standard InChI is InChI=1S/C17H11Cl2N5O4S2/c18-9-4-5-12(13(19)6-9)15(26)21-16-22-23-17(30-16)29-8-14(25)20-10-2-1-3-11(7-10)24(27)28/h1-7H,8H2,(H,20,25)(H,21,22,26). The first-order valence-corrected chi connectivity index (χ1v) is 10.6. The molecule has 2 aromatic carbocycles. The van der Waals surface area contributed by atoms with E-state index in [1.54, 1.807) is 12.1 Å². The number of carbonyl (C=O) groups excluding carboxylic acids is 2. The van der Waals surface area contributed by atoms with Gasteiger partial charge in [-0.1, -0.05) is 52.4 Å². The van der Waals surface area contributed by atoms with Crippen LogP contribution >= 0.6 is 46.3 Å². The van der Waals surface area contributed by atoms with Gasteiger partial charge in [0.05, 0.1) is 21.3 Å². The summed E-state index contributed by atoms with van der Waals surface area (Å²) in [5, 5.41) is 24.6. The average molecular weight is 484 g/mol. The summed E-state index contributed by atoms with van der Waals surface area (Å²) in [6, 6.07) is 10.1. The maximum atomic E-state index is 12.3. The summed E-state index contributed by atoms with van der Waals surface area (Å²) in [5.74, 6) is -0.823. The van der Waals surface area contributed by atoms with E-state index in [9.17, 15) is 19.7 Å². The van der Waals surface area contributed by atoms with Gasteiger partial charge in [0.25, 0.3) is 11.6 Å². The van der Waals surface area contributed by atoms with Crippen LogP contribution < -0.4 is 10.6 Å². The second-order valence-electron chi connectivity index (χ2n) is 5.60. The summed E-state index contributed by atoms with van der Waals surface area (Å²) in [4.78, 5) is 34.6. The number of non-ortho nitro benzene ring substituents is 1. The predicted molar refractivity (Wildman–Crippen MR) is 117 cm³/mol. The van der Waals surface area contributed by atoms with Crippen LogP contribution in [0.15, 0.2) is 46.8 Å². The summed E-state index contributed by atoms with van der Waals surface area (Å²) in [6.07, 6.45) is 0. The number of hydrogen-bond acceptors (Lipinski definition) is 8. The van der Waals surface area contributed by atoms with Gasteiger partial charge in [-0.3, -0.25) is 25.0 Å². The summed E-state index contributed by atoms with van der Waals surface area (Å²) in [6.45, 7) is 0. The monoisotopic (exact) mass is 483 g/mol. The number of anilines is 2. The Morgan fingerprint density at radius 2 is 1.93 bits per heavy atom. The summed E-state index contributed by atoms with van der Waals surface area (Å²) in [5.41, 5.74) is 0.437. The van der Waals surface area contributed by atoms with Crippen molar-refractivity contribution in [1.29, 1.82) is 0 Å². The molecular weight excluding hydrogens is 473 g/mol. The lowest BCUT2D eigenvalue weighted by Gasteiger charge is -2.04. The zero-order valence-electron chi connectivity index (χ0n) is 14.8. The number of aromatic nitrogens is 2. The number of nitro groups is 1. The highest BCUT2D eigenvalue weighted by Gasteiger charge is 2.15. The van der Waals surface area contributed by atoms with E-state index in [1.807, 2.05) is 0 Å². The Balaban J connectivity index is 1.54. The molecule has 2 amide bonds. The van der Waals surface area contributed by atoms with E-state index in [0.29, 0.717) is 15.0 Å². The van der Waals surface area contributed by atoms with Crippen LogP contribution in [0.25, 0.3) is 0 Å². The van der Waals surface area contributed by atoms with Gasteiger partial charge in [0.1, 0.15) is 0 Å². The zero-order chi connectivity index (χ0) is 21.7. The second kappa shape index (κ2) is 9.85. The van der Waals surface area contributed by atoms with Gasteiger partial charge in [-0.05, 0) is 24.3 Å². The maximum absolute atomic E-state index is 12.3. The van der Waals surface area contributed by atoms with Crippen LogP contribution in [-0.2, 0) is 4.79 Å². The Morgan fingerprint density at radius 3 is 2.67 bits per heavy atom. The average Bonchev–Trinajstić information content (AvgIpc) is 3.13. The summed E-state index contributed by atoms with van der Waals surface area (Å²) < 4.78 is 0.460. The minimum atomic E-state index is -0.543. The molecule has 2 N–H and O–H groups in total. The third-order valence-corrected chi connectivity index (χ3v) is 5.99. The second-order valence-corrected chi connectivity index (χ2v) is 8.64. The van der Waals surface area contributed by atoms with Crippen LogP contribution in [0.1, 0.15) is 10.4 Å². The first-order valence-electron chi connectivity index (χ1n) is 8.09. The van der Waals surface area contributed by atoms with Crippen molar-refractivity contribution in [3.63, 3.8) is 0 Å². The molecule has 0 aliphatic heterocycles. The van der Waals surface area contributed by atoms with Gasteiger partial charge in [0.15, 0.2) is 4.34 Å². The largest absolute Gasteiger partial charge is 0.325 e. The van der Waals surface area contributed by atoms with Gasteiger partial charge < -0.3 is 5.32 Å². The highest BCUT2D eigenvalue weighted by Crippen LogP contribution is 2.27. The minimum Gasteiger partial charge on any atom is -0.325 e. The molecule has 0 spiro atoms. The molecular formula is C17H11Cl2N5O4S2. The number of nitrogens with one attached hydrogen (secondary N) is 2. The van der Waals surface area contributed by atoms with Gasteiger partial charge in [0, 0.05) is 22.8 Å². The van der Waals surface area contributed by atoms with E-state index < -0.39 is 10.8 Å². The van der Waals surface area contributed by atoms with Crippen molar-refractivity contribution < 1.29 is 14.5 Å². The molecule has 154 valence electrons. The normalized spacial score (nSPS) is 10.5. The molecule has 0 aliphatic carbocycles. The molecule has 0 aliphatic rings. The van der Waals surface area contributed by atoms with Crippen molar-refractivity contribution in [2.24, 2.45) is 0 Å². The van der Waals surface area contributed by atoms with Crippen LogP contribution in [0.4, 0.5) is 16.5 Å². The van der Waals surface area contributed by atoms with Crippen molar-refractivity contribution in [1.82, 2.24) is 10.2 Å². The van der Waals surface area contributed by atoms with Crippen LogP contribution in [0, 0.1) is 10.1 Å². The zero-order valence-corrected chi connectivity index (χ0v) is 17.9. The number of amides is 2. The van der Waals surface area contributed by atoms with Gasteiger partial charge in [0.2, 0.25) is 11.0 Å². The highest BCUT2D eigenvalue weighted by molar-refractivity contribution is 8.01. The lowest BCUT2D eigenvalue weighted by atomic mass is 10.2. The Hall–Kier alpha value is -2.73. The quantitative estimate of drug-likeness (QED) is 0.215. The number of nitrogens with zero attached hydrogens (tertiary/aromatic N) is 3. The third kappa shape index (κ3) is 5.89. The molecule has 3 aromatic rings. The number of thioether (sulfide) groups is 1. The Morgan fingerprint density at radius 1 is 1.13 bits per heavy atom. The van der Waals surface area contributed by atoms with Gasteiger partial charge in [-0.2, -0.15) is 0 Å². The van der Waals surface area contributed by atoms with Crippen molar-refractivity contribution in [3.05, 3.63) is 68.2 Å². The predicted octanol–water partition coefficient (Wildman–Crippen LogP) is 4.74. The van der Waals surface area contributed by atoms with Gasteiger partial charge in [-0.25, -0.2) is 0 Å². The minimum absolute atomic E-state index is 0.00822. The summed E-state index contributed by atoms with van der Waals surface area (Å²) in [7, 11) is 0. The molecule has 0 bridgehead atoms. The SMILES string of the molecule is O=C(CSc1nnc(NC(=O)c2ccc(Cl)cc2Cl)s1)Nc1cccc([N+](=O)[O-])c1. The smallest absolute Gasteiger partial charge is 0.271 e. The number of rotatable bonds is 7. The molecule has 13 heteroatoms. The maximum Gasteiger partial charge on any atom is 0.271 e. The van der Waals surface area contributed by atoms with Crippen LogP contribution in [0.2, 0.25) is 10.0 Å². The van der Waals surface area contributed by atoms with Crippen molar-refractivity contribution in [3.8, 4) is 0 Å². The fourth-order valence-electron chi connectivity index (χ4n) is 2.18. The molecule has 9 nitrogen and oxygen atoms in total. The molecule has 1 heterocycles. The van der Waals surface area contributed by atoms with E-state index in [1.165, 1.54) is 30.3 Å². The van der Waals surface area contributed by atoms with E-state index in [2.05, 4.69) is 20.8 Å². The van der Waals surface area contributed by atoms with Crippen molar-refractivity contribution >= 4 is 74.6 Å². The van der Waals surface area contributed by atoms with Crippen molar-refractivity contribution in [2.45, 2.75) is 4.34 Å². The first-order chi connectivity index (χ1) is 14.3. The Labute approximate surface area is 187 Å². The van der Waals surface area contributed by atoms with Gasteiger partial charge in [-0.15, -0.1) is 10.2 Å². The molecule has 1 aromatic heterocycles. The van der Waals surface area contributed by atoms with Crippen molar-refractivity contribution in [2.75, 3.05) is 16.4 Å². The first kappa shape index (κ1) is 22.0. The highest BCUT2D eigenvalue weighted by atomic mass is 35.5. The number of nitro benzene ring substituents is 1. The van der Waals surface area contributed by atoms with E-state index in [4.69, 9.17) is 23.2 Å². The lowest BCUT2D eigenvalue weighted by molar-refractivity contribution is -0.384. The molecule has 3 rings (SSSR count). The molecule has 30 heavy (non-hydrogen) atoms. The Kier molecular flexibility index (Phi) is 7.21. The number of carbonyl (C=O) groups is 2. The number of halogens is 2. The molecule has 0 saturated carbocycles. The topological polar surface area (TPSA) is 127 Å². The van der Waals surface area contributed by atoms with Crippen LogP contribution in [0.3, 0.4) is 0 Å². The van der Waals surface area contributed by atoms with E-state index in [0.717, 1.165) is 23.1 Å². The van der Waals surface area contributed by atoms with Crippen LogP contribution in [0.5, 0.6) is 0 Å². The third-order valence-electron chi connectivity index (χ3n) is 3.47. The molecule has 0 atom stereocenters. The summed E-state index contributed by atoms with van der Waals surface area (Å²) >= 11 is 14.0. The van der Waals surface area contributed by atoms with Crippen LogP contribution in [-0.4, -0.2) is 32.7 Å². The molecule has 0 fully saturated rings. The number of hydrogen-bond donors (Lipinski definition) is 2. The molecule has 0 unspecified atom stereocenters. The fourth-order valence-corrected chi connectivity index (χ4v) is 4.22. The molecule has 0 radical (unpaired) electrons. The van der Waals surface area contributed by atoms with E-state index >= 15 is 0 Å². The van der Waals surface area contributed by atoms with Gasteiger partial charge >= 0.3 is 0 Å². The lowest BCUT2D eigenvalue weighted by Crippen LogP contribution is -2.14. The van der Waals surface area contributed by atoms with E-state index in [-0.39, 0.29) is 33.1 Å². The Bertz CT molecular complexity index is 1130. The molecule has 0 saturated heterocycles. The fraction of sp³-hybridized carbons (Fsp3) is 0.0588.